The number of carbonyl (C=O) groups is 1. The Morgan fingerprint density at radius 3 is 2.38 bits per heavy atom. The van der Waals surface area contributed by atoms with Crippen LogP contribution in [0, 0.1) is 0 Å². The van der Waals surface area contributed by atoms with Crippen LogP contribution in [0.5, 0.6) is 0 Å². The van der Waals surface area contributed by atoms with E-state index < -0.39 is 17.6 Å². The topological polar surface area (TPSA) is 68.0 Å². The lowest BCUT2D eigenvalue weighted by Crippen LogP contribution is -2.59. The minimum Gasteiger partial charge on any atom is -0.324 e. The van der Waals surface area contributed by atoms with Crippen molar-refractivity contribution in [3.63, 3.8) is 0 Å². The van der Waals surface area contributed by atoms with Crippen molar-refractivity contribution < 1.29 is 18.0 Å². The lowest BCUT2D eigenvalue weighted by atomic mass is 10.0. The van der Waals surface area contributed by atoms with Gasteiger partial charge in [-0.15, -0.1) is 11.3 Å². The number of thiazole rings is 1. The molecule has 1 atom stereocenters. The predicted molar refractivity (Wildman–Crippen MR) is 74.8 cm³/mol. The summed E-state index contributed by atoms with van der Waals surface area (Å²) in [7, 11) is 0. The van der Waals surface area contributed by atoms with Gasteiger partial charge in [-0.05, 0) is 31.2 Å². The molecular weight excluding hydrogens is 303 g/mol. The van der Waals surface area contributed by atoms with Crippen molar-refractivity contribution >= 4 is 22.9 Å². The molecule has 3 N–H and O–H groups in total. The van der Waals surface area contributed by atoms with Gasteiger partial charge in [-0.25, -0.2) is 4.98 Å². The first-order chi connectivity index (χ1) is 9.72. The smallest absolute Gasteiger partial charge is 0.324 e. The van der Waals surface area contributed by atoms with E-state index >= 15 is 0 Å². The molecule has 0 saturated heterocycles. The summed E-state index contributed by atoms with van der Waals surface area (Å²) in [6.45, 7) is 0.631. The van der Waals surface area contributed by atoms with Crippen molar-refractivity contribution in [3.05, 3.63) is 35.8 Å². The molecule has 4 nitrogen and oxygen atoms in total. The van der Waals surface area contributed by atoms with Crippen LogP contribution in [-0.4, -0.2) is 22.6 Å². The zero-order valence-electron chi connectivity index (χ0n) is 10.9. The summed E-state index contributed by atoms with van der Waals surface area (Å²) in [5.41, 5.74) is 3.15. The second-order valence-electron chi connectivity index (χ2n) is 4.57. The number of nitrogens with two attached hydrogens (primary N) is 1. The van der Waals surface area contributed by atoms with Crippen LogP contribution in [-0.2, 0) is 4.79 Å². The summed E-state index contributed by atoms with van der Waals surface area (Å²) < 4.78 is 37.9. The van der Waals surface area contributed by atoms with E-state index in [-0.39, 0.29) is 5.69 Å². The fourth-order valence-corrected chi connectivity index (χ4v) is 2.10. The molecule has 1 amide bonds. The highest BCUT2D eigenvalue weighted by Crippen LogP contribution is 2.29. The molecule has 0 bridgehead atoms. The van der Waals surface area contributed by atoms with Crippen LogP contribution in [0.15, 0.2) is 35.8 Å². The van der Waals surface area contributed by atoms with Crippen LogP contribution in [0.25, 0.3) is 10.6 Å². The lowest BCUT2D eigenvalue weighted by molar-refractivity contribution is -0.184. The van der Waals surface area contributed by atoms with Crippen molar-refractivity contribution in [2.24, 2.45) is 5.73 Å². The lowest BCUT2D eigenvalue weighted by Gasteiger charge is -2.26. The van der Waals surface area contributed by atoms with Crippen LogP contribution >= 0.6 is 11.3 Å². The van der Waals surface area contributed by atoms with E-state index in [1.54, 1.807) is 18.3 Å². The Morgan fingerprint density at radius 1 is 1.29 bits per heavy atom. The van der Waals surface area contributed by atoms with E-state index in [1.165, 1.54) is 23.5 Å². The molecule has 112 valence electrons. The van der Waals surface area contributed by atoms with Crippen LogP contribution in [0.2, 0.25) is 0 Å². The van der Waals surface area contributed by atoms with Gasteiger partial charge in [0.25, 0.3) is 5.91 Å². The number of halogens is 3. The molecule has 0 radical (unpaired) electrons. The van der Waals surface area contributed by atoms with Gasteiger partial charge in [-0.2, -0.15) is 13.2 Å². The summed E-state index contributed by atoms with van der Waals surface area (Å²) in [4.78, 5) is 15.7. The van der Waals surface area contributed by atoms with E-state index in [0.29, 0.717) is 6.92 Å². The maximum Gasteiger partial charge on any atom is 0.415 e. The second-order valence-corrected chi connectivity index (χ2v) is 5.46. The molecule has 21 heavy (non-hydrogen) atoms. The molecule has 0 aliphatic carbocycles. The number of anilines is 1. The Labute approximate surface area is 122 Å². The summed E-state index contributed by atoms with van der Waals surface area (Å²) in [5, 5.41) is 4.76. The highest BCUT2D eigenvalue weighted by atomic mass is 32.1. The third-order valence-corrected chi connectivity index (χ3v) is 3.70. The van der Waals surface area contributed by atoms with Gasteiger partial charge in [0, 0.05) is 22.8 Å². The normalized spacial score (nSPS) is 14.5. The predicted octanol–water partition coefficient (Wildman–Crippen LogP) is 3.03. The monoisotopic (exact) mass is 315 g/mol. The molecule has 1 unspecified atom stereocenters. The fourth-order valence-electron chi connectivity index (χ4n) is 1.45. The quantitative estimate of drug-likeness (QED) is 0.915. The van der Waals surface area contributed by atoms with Crippen molar-refractivity contribution in [2.45, 2.75) is 18.6 Å². The number of nitrogens with one attached hydrogen (secondary N) is 1. The van der Waals surface area contributed by atoms with Crippen molar-refractivity contribution in [2.75, 3.05) is 5.32 Å². The maximum atomic E-state index is 12.6. The van der Waals surface area contributed by atoms with Crippen LogP contribution in [0.3, 0.4) is 0 Å². The number of hydrogen-bond acceptors (Lipinski definition) is 4. The van der Waals surface area contributed by atoms with Crippen LogP contribution in [0.1, 0.15) is 6.92 Å². The Morgan fingerprint density at radius 2 is 1.90 bits per heavy atom. The standard InChI is InChI=1S/C13H12F3N3OS/c1-12(17,13(14,15)16)11(20)19-9-4-2-8(3-5-9)10-18-6-7-21-10/h2-7H,17H2,1H3,(H,19,20). The second kappa shape index (κ2) is 5.45. The summed E-state index contributed by atoms with van der Waals surface area (Å²) in [6.07, 6.45) is -3.17. The summed E-state index contributed by atoms with van der Waals surface area (Å²) >= 11 is 1.44. The van der Waals surface area contributed by atoms with Crippen LogP contribution in [0.4, 0.5) is 18.9 Å². The molecule has 1 aromatic carbocycles. The number of aromatic nitrogens is 1. The van der Waals surface area contributed by atoms with Gasteiger partial charge in [-0.1, -0.05) is 0 Å². The van der Waals surface area contributed by atoms with Crippen molar-refractivity contribution in [1.82, 2.24) is 4.98 Å². The summed E-state index contributed by atoms with van der Waals surface area (Å²) in [6, 6.07) is 6.33. The number of benzene rings is 1. The van der Waals surface area contributed by atoms with Gasteiger partial charge in [0.1, 0.15) is 5.01 Å². The number of rotatable bonds is 3. The largest absolute Gasteiger partial charge is 0.415 e. The first-order valence-corrected chi connectivity index (χ1v) is 6.77. The third kappa shape index (κ3) is 3.22. The third-order valence-electron chi connectivity index (χ3n) is 2.88. The van der Waals surface area contributed by atoms with Gasteiger partial charge in [0.05, 0.1) is 0 Å². The van der Waals surface area contributed by atoms with E-state index in [0.717, 1.165) is 10.6 Å². The first kappa shape index (κ1) is 15.5. The Bertz CT molecular complexity index is 621. The molecular formula is C13H12F3N3OS. The van der Waals surface area contributed by atoms with Gasteiger partial charge in [0.2, 0.25) is 0 Å². The number of alkyl halides is 3. The van der Waals surface area contributed by atoms with Gasteiger partial charge >= 0.3 is 6.18 Å². The Balaban J connectivity index is 2.12. The molecule has 0 spiro atoms. The van der Waals surface area contributed by atoms with Gasteiger partial charge in [0.15, 0.2) is 5.54 Å². The molecule has 0 aliphatic rings. The number of nitrogens with zero attached hydrogens (tertiary/aromatic N) is 1. The molecule has 2 aromatic rings. The van der Waals surface area contributed by atoms with E-state index in [2.05, 4.69) is 10.3 Å². The zero-order valence-corrected chi connectivity index (χ0v) is 11.8. The highest BCUT2D eigenvalue weighted by Gasteiger charge is 2.53. The average Bonchev–Trinajstić information content (AvgIpc) is 2.92. The zero-order chi connectivity index (χ0) is 15.7. The maximum absolute atomic E-state index is 12.6. The van der Waals surface area contributed by atoms with Gasteiger partial charge in [-0.3, -0.25) is 4.79 Å². The minimum absolute atomic E-state index is 0.237. The van der Waals surface area contributed by atoms with Crippen molar-refractivity contribution in [3.8, 4) is 10.6 Å². The Kier molecular flexibility index (Phi) is 4.02. The number of amides is 1. The molecule has 1 heterocycles. The molecule has 0 saturated carbocycles. The van der Waals surface area contributed by atoms with Gasteiger partial charge < -0.3 is 11.1 Å². The minimum atomic E-state index is -4.82. The average molecular weight is 315 g/mol. The molecule has 0 fully saturated rings. The van der Waals surface area contributed by atoms with Crippen molar-refractivity contribution in [1.29, 1.82) is 0 Å². The molecule has 1 aromatic heterocycles. The van der Waals surface area contributed by atoms with E-state index in [4.69, 9.17) is 5.73 Å². The van der Waals surface area contributed by atoms with Crippen LogP contribution < -0.4 is 11.1 Å². The number of hydrogen-bond donors (Lipinski definition) is 2. The fraction of sp³-hybridized carbons (Fsp3) is 0.231. The Hall–Kier alpha value is -1.93. The molecule has 0 aliphatic heterocycles. The van der Waals surface area contributed by atoms with E-state index in [9.17, 15) is 18.0 Å². The number of carbonyl (C=O) groups excluding carboxylic acids is 1. The SMILES string of the molecule is CC(N)(C(=O)Nc1ccc(-c2nccs2)cc1)C(F)(F)F. The summed E-state index contributed by atoms with van der Waals surface area (Å²) in [5.74, 6) is -1.31. The van der Waals surface area contributed by atoms with E-state index in [1.807, 2.05) is 5.38 Å². The highest BCUT2D eigenvalue weighted by molar-refractivity contribution is 7.13. The molecule has 8 heteroatoms. The first-order valence-electron chi connectivity index (χ1n) is 5.89. The molecule has 2 rings (SSSR count).